The van der Waals surface area contributed by atoms with Crippen molar-refractivity contribution in [1.82, 2.24) is 10.2 Å². The molecule has 3 heteroatoms. The van der Waals surface area contributed by atoms with Gasteiger partial charge < -0.3 is 10.2 Å². The van der Waals surface area contributed by atoms with E-state index in [1.165, 1.54) is 0 Å². The quantitative estimate of drug-likeness (QED) is 0.887. The van der Waals surface area contributed by atoms with Crippen molar-refractivity contribution in [1.29, 1.82) is 0 Å². The third-order valence-corrected chi connectivity index (χ3v) is 3.85. The molecule has 21 heavy (non-hydrogen) atoms. The van der Waals surface area contributed by atoms with E-state index in [-0.39, 0.29) is 11.9 Å². The van der Waals surface area contributed by atoms with Crippen LogP contribution in [0.25, 0.3) is 5.70 Å². The molecule has 0 bridgehead atoms. The Bertz CT molecular complexity index is 587. The number of allylic oxidation sites excluding steroid dienone is 3. The number of benzene rings is 1. The van der Waals surface area contributed by atoms with Crippen LogP contribution in [0.15, 0.2) is 48.7 Å². The van der Waals surface area contributed by atoms with Gasteiger partial charge in [0.05, 0.1) is 5.70 Å². The van der Waals surface area contributed by atoms with Gasteiger partial charge in [0.25, 0.3) is 0 Å². The Hall–Kier alpha value is -1.87. The predicted octanol–water partition coefficient (Wildman–Crippen LogP) is 3.72. The molecule has 0 amide bonds. The van der Waals surface area contributed by atoms with Crippen LogP contribution >= 0.6 is 0 Å². The number of rotatable bonds is 5. The fourth-order valence-electron chi connectivity index (χ4n) is 2.39. The second-order valence-electron chi connectivity index (χ2n) is 5.37. The van der Waals surface area contributed by atoms with Crippen molar-refractivity contribution in [3.05, 3.63) is 65.6 Å². The number of hydrogen-bond donors (Lipinski definition) is 1. The maximum Gasteiger partial charge on any atom is 0.132 e. The van der Waals surface area contributed by atoms with E-state index in [2.05, 4.69) is 23.7 Å². The molecule has 1 aliphatic rings. The van der Waals surface area contributed by atoms with Crippen LogP contribution in [0.1, 0.15) is 25.0 Å². The van der Waals surface area contributed by atoms with Gasteiger partial charge >= 0.3 is 0 Å². The van der Waals surface area contributed by atoms with Crippen molar-refractivity contribution in [2.24, 2.45) is 0 Å². The molecule has 0 saturated carbocycles. The molecule has 0 aliphatic carbocycles. The van der Waals surface area contributed by atoms with Crippen LogP contribution in [0.3, 0.4) is 0 Å². The molecule has 1 aliphatic heterocycles. The summed E-state index contributed by atoms with van der Waals surface area (Å²) in [5.41, 5.74) is 3.39. The van der Waals surface area contributed by atoms with Crippen LogP contribution in [0.4, 0.5) is 4.39 Å². The normalized spacial score (nSPS) is 16.1. The Morgan fingerprint density at radius 1 is 1.38 bits per heavy atom. The van der Waals surface area contributed by atoms with Crippen LogP contribution in [0, 0.1) is 5.82 Å². The van der Waals surface area contributed by atoms with Gasteiger partial charge in [-0.3, -0.25) is 0 Å². The third-order valence-electron chi connectivity index (χ3n) is 3.85. The molecule has 1 aromatic rings. The van der Waals surface area contributed by atoms with Crippen molar-refractivity contribution in [3.63, 3.8) is 0 Å². The van der Waals surface area contributed by atoms with Gasteiger partial charge in [-0.05, 0) is 50.2 Å². The Kier molecular flexibility index (Phi) is 4.97. The van der Waals surface area contributed by atoms with Gasteiger partial charge in [-0.25, -0.2) is 4.39 Å². The zero-order chi connectivity index (χ0) is 15.4. The van der Waals surface area contributed by atoms with Gasteiger partial charge in [0.2, 0.25) is 0 Å². The van der Waals surface area contributed by atoms with Crippen molar-refractivity contribution in [2.75, 3.05) is 13.6 Å². The molecule has 1 heterocycles. The van der Waals surface area contributed by atoms with E-state index in [1.807, 2.05) is 44.3 Å². The first-order valence-electron chi connectivity index (χ1n) is 7.37. The first-order valence-corrected chi connectivity index (χ1v) is 7.37. The lowest BCUT2D eigenvalue weighted by Crippen LogP contribution is -2.36. The highest BCUT2D eigenvalue weighted by Gasteiger charge is 2.20. The fourth-order valence-corrected chi connectivity index (χ4v) is 2.39. The third kappa shape index (κ3) is 3.42. The second-order valence-corrected chi connectivity index (χ2v) is 5.37. The van der Waals surface area contributed by atoms with Crippen molar-refractivity contribution in [2.45, 2.75) is 26.3 Å². The van der Waals surface area contributed by atoms with Gasteiger partial charge in [-0.1, -0.05) is 25.6 Å². The van der Waals surface area contributed by atoms with E-state index in [0.717, 1.165) is 29.9 Å². The lowest BCUT2D eigenvalue weighted by molar-refractivity contribution is 0.424. The average Bonchev–Trinajstić information content (AvgIpc) is 2.49. The van der Waals surface area contributed by atoms with Gasteiger partial charge in [0.1, 0.15) is 5.82 Å². The zero-order valence-electron chi connectivity index (χ0n) is 13.0. The summed E-state index contributed by atoms with van der Waals surface area (Å²) in [4.78, 5) is 2.06. The number of likely N-dealkylation sites (N-methyl/N-ethyl adjacent to an activating group) is 1. The minimum atomic E-state index is -0.175. The molecule has 1 atom stereocenters. The van der Waals surface area contributed by atoms with Crippen LogP contribution < -0.4 is 5.32 Å². The van der Waals surface area contributed by atoms with E-state index in [1.54, 1.807) is 6.07 Å². The lowest BCUT2D eigenvalue weighted by atomic mass is 10.0. The first kappa shape index (κ1) is 15.5. The Morgan fingerprint density at radius 3 is 2.76 bits per heavy atom. The summed E-state index contributed by atoms with van der Waals surface area (Å²) in [6.07, 6.45) is 6.65. The van der Waals surface area contributed by atoms with Crippen LogP contribution in [0.5, 0.6) is 0 Å². The van der Waals surface area contributed by atoms with Crippen LogP contribution in [0.2, 0.25) is 0 Å². The molecule has 1 aromatic carbocycles. The maximum atomic E-state index is 14.4. The van der Waals surface area contributed by atoms with E-state index < -0.39 is 0 Å². The number of nitrogens with zero attached hydrogens (tertiary/aromatic N) is 1. The molecule has 1 unspecified atom stereocenters. The molecule has 1 N–H and O–H groups in total. The summed E-state index contributed by atoms with van der Waals surface area (Å²) < 4.78 is 14.4. The molecule has 0 aromatic heterocycles. The second kappa shape index (κ2) is 6.72. The molecule has 0 radical (unpaired) electrons. The highest BCUT2D eigenvalue weighted by atomic mass is 19.1. The van der Waals surface area contributed by atoms with Gasteiger partial charge in [-0.15, -0.1) is 0 Å². The predicted molar refractivity (Wildman–Crippen MR) is 87.3 cm³/mol. The number of nitrogens with one attached hydrogen (secondary N) is 1. The minimum Gasteiger partial charge on any atom is -0.340 e. The van der Waals surface area contributed by atoms with Gasteiger partial charge in [0, 0.05) is 23.8 Å². The van der Waals surface area contributed by atoms with Gasteiger partial charge in [-0.2, -0.15) is 0 Å². The number of aryl methyl sites for hydroxylation is 1. The molecular weight excluding hydrogens is 263 g/mol. The first-order chi connectivity index (χ1) is 10.1. The van der Waals surface area contributed by atoms with E-state index in [9.17, 15) is 4.39 Å². The summed E-state index contributed by atoms with van der Waals surface area (Å²) in [7, 11) is 1.92. The summed E-state index contributed by atoms with van der Waals surface area (Å²) in [5.74, 6) is -0.175. The SMILES string of the molecule is C=C1C=CC=C(c2ccc(CC)cc2F)N1CC(C)NC. The highest BCUT2D eigenvalue weighted by Crippen LogP contribution is 2.29. The van der Waals surface area contributed by atoms with Crippen LogP contribution in [-0.2, 0) is 6.42 Å². The number of halogens is 1. The van der Waals surface area contributed by atoms with E-state index >= 15 is 0 Å². The average molecular weight is 286 g/mol. The molecule has 2 nitrogen and oxygen atoms in total. The summed E-state index contributed by atoms with van der Waals surface area (Å²) in [6, 6.07) is 5.76. The lowest BCUT2D eigenvalue weighted by Gasteiger charge is -2.32. The summed E-state index contributed by atoms with van der Waals surface area (Å²) in [6.45, 7) is 8.95. The van der Waals surface area contributed by atoms with Crippen molar-refractivity contribution >= 4 is 5.70 Å². The van der Waals surface area contributed by atoms with E-state index in [4.69, 9.17) is 0 Å². The van der Waals surface area contributed by atoms with Gasteiger partial charge in [0.15, 0.2) is 0 Å². The van der Waals surface area contributed by atoms with Crippen LogP contribution in [-0.4, -0.2) is 24.5 Å². The Balaban J connectivity index is 2.37. The highest BCUT2D eigenvalue weighted by molar-refractivity contribution is 5.70. The van der Waals surface area contributed by atoms with Crippen molar-refractivity contribution < 1.29 is 4.39 Å². The molecular formula is C18H23FN2. The molecule has 0 fully saturated rings. The maximum absolute atomic E-state index is 14.4. The number of hydrogen-bond acceptors (Lipinski definition) is 2. The standard InChI is InChI=1S/C18H23FN2/c1-5-15-9-10-16(17(19)11-15)18-8-6-7-14(3)21(18)12-13(2)20-4/h6-11,13,20H,3,5,12H2,1-2,4H3. The molecule has 0 spiro atoms. The summed E-state index contributed by atoms with van der Waals surface area (Å²) >= 11 is 0. The molecule has 112 valence electrons. The Labute approximate surface area is 126 Å². The smallest absolute Gasteiger partial charge is 0.132 e. The fraction of sp³-hybridized carbons (Fsp3) is 0.333. The topological polar surface area (TPSA) is 15.3 Å². The minimum absolute atomic E-state index is 0.175. The summed E-state index contributed by atoms with van der Waals surface area (Å²) in [5, 5.41) is 3.21. The van der Waals surface area contributed by atoms with Crippen molar-refractivity contribution in [3.8, 4) is 0 Å². The van der Waals surface area contributed by atoms with E-state index in [0.29, 0.717) is 5.56 Å². The molecule has 0 saturated heterocycles. The zero-order valence-corrected chi connectivity index (χ0v) is 13.0. The molecule has 2 rings (SSSR count). The Morgan fingerprint density at radius 2 is 2.14 bits per heavy atom. The monoisotopic (exact) mass is 286 g/mol. The largest absolute Gasteiger partial charge is 0.340 e.